The molecule has 1 N–H and O–H groups in total. The van der Waals surface area contributed by atoms with Gasteiger partial charge in [-0.15, -0.1) is 11.3 Å². The maximum absolute atomic E-state index is 14.0. The molecule has 1 saturated heterocycles. The van der Waals surface area contributed by atoms with E-state index in [9.17, 15) is 9.59 Å². The van der Waals surface area contributed by atoms with Crippen LogP contribution in [0.2, 0.25) is 0 Å². The van der Waals surface area contributed by atoms with Crippen LogP contribution in [0, 0.1) is 12.8 Å². The summed E-state index contributed by atoms with van der Waals surface area (Å²) in [5.41, 5.74) is 4.88. The molecular weight excluding hydrogens is 460 g/mol. The highest BCUT2D eigenvalue weighted by atomic mass is 32.1. The van der Waals surface area contributed by atoms with Crippen LogP contribution in [-0.2, 0) is 11.2 Å². The smallest absolute Gasteiger partial charge is 0.274 e. The molecule has 1 unspecified atom stereocenters. The molecule has 7 nitrogen and oxygen atoms in total. The maximum atomic E-state index is 14.0. The fourth-order valence-electron chi connectivity index (χ4n) is 6.07. The third kappa shape index (κ3) is 3.37. The van der Waals surface area contributed by atoms with E-state index in [1.54, 1.807) is 6.20 Å². The van der Waals surface area contributed by atoms with Crippen molar-refractivity contribution in [1.29, 1.82) is 0 Å². The fraction of sp³-hybridized carbons (Fsp3) is 0.444. The van der Waals surface area contributed by atoms with E-state index in [1.165, 1.54) is 23.3 Å². The lowest BCUT2D eigenvalue weighted by Gasteiger charge is -2.36. The number of H-pyrrole nitrogens is 1. The van der Waals surface area contributed by atoms with Crippen LogP contribution < -0.4 is 5.56 Å². The van der Waals surface area contributed by atoms with E-state index in [4.69, 9.17) is 4.74 Å². The number of aryl methyl sites for hydroxylation is 1. The molecule has 8 heteroatoms. The second-order valence-electron chi connectivity index (χ2n) is 10.2. The normalized spacial score (nSPS) is 21.1. The van der Waals surface area contributed by atoms with Crippen LogP contribution in [0.3, 0.4) is 0 Å². The second kappa shape index (κ2) is 8.03. The second-order valence-corrected chi connectivity index (χ2v) is 11.2. The van der Waals surface area contributed by atoms with Crippen molar-refractivity contribution in [3.63, 3.8) is 0 Å². The van der Waals surface area contributed by atoms with E-state index in [2.05, 4.69) is 26.3 Å². The van der Waals surface area contributed by atoms with Gasteiger partial charge in [-0.3, -0.25) is 14.0 Å². The Morgan fingerprint density at radius 3 is 2.80 bits per heavy atom. The molecule has 35 heavy (non-hydrogen) atoms. The van der Waals surface area contributed by atoms with Gasteiger partial charge in [0.15, 0.2) is 0 Å². The Hall–Kier alpha value is -2.97. The number of ether oxygens (including phenoxy) is 1. The molecule has 1 aromatic carbocycles. The van der Waals surface area contributed by atoms with Gasteiger partial charge in [-0.25, -0.2) is 4.98 Å². The number of carbonyl (C=O) groups is 1. The van der Waals surface area contributed by atoms with Gasteiger partial charge in [-0.05, 0) is 79.7 Å². The van der Waals surface area contributed by atoms with Gasteiger partial charge < -0.3 is 14.6 Å². The van der Waals surface area contributed by atoms with Crippen LogP contribution in [0.15, 0.2) is 34.6 Å². The van der Waals surface area contributed by atoms with Crippen LogP contribution in [0.5, 0.6) is 0 Å². The van der Waals surface area contributed by atoms with Crippen molar-refractivity contribution in [1.82, 2.24) is 19.3 Å². The Balaban J connectivity index is 1.34. The number of fused-ring (bicyclic) bond motifs is 4. The predicted molar refractivity (Wildman–Crippen MR) is 135 cm³/mol. The number of nitrogens with one attached hydrogen (secondary N) is 1. The number of amides is 1. The van der Waals surface area contributed by atoms with Gasteiger partial charge in [0.05, 0.1) is 23.3 Å². The minimum Gasteiger partial charge on any atom is -0.381 e. The first kappa shape index (κ1) is 21.3. The fourth-order valence-corrected chi connectivity index (χ4v) is 6.98. The number of benzene rings is 1. The molecule has 0 bridgehead atoms. The Bertz CT molecular complexity index is 1520. The van der Waals surface area contributed by atoms with Crippen LogP contribution >= 0.6 is 11.3 Å². The summed E-state index contributed by atoms with van der Waals surface area (Å²) in [4.78, 5) is 38.1. The Labute approximate surface area is 206 Å². The van der Waals surface area contributed by atoms with Gasteiger partial charge >= 0.3 is 0 Å². The lowest BCUT2D eigenvalue weighted by molar-refractivity contribution is 0.0636. The Morgan fingerprint density at radius 1 is 1.17 bits per heavy atom. The zero-order chi connectivity index (χ0) is 23.7. The summed E-state index contributed by atoms with van der Waals surface area (Å²) in [5, 5.41) is 2.16. The van der Waals surface area contributed by atoms with Gasteiger partial charge in [0.1, 0.15) is 11.3 Å². The van der Waals surface area contributed by atoms with Crippen molar-refractivity contribution >= 4 is 33.8 Å². The first-order chi connectivity index (χ1) is 17.1. The lowest BCUT2D eigenvalue weighted by Crippen LogP contribution is -2.40. The molecule has 0 spiro atoms. The molecule has 180 valence electrons. The summed E-state index contributed by atoms with van der Waals surface area (Å²) < 4.78 is 7.54. The summed E-state index contributed by atoms with van der Waals surface area (Å²) in [6.07, 6.45) is 6.73. The molecule has 7 rings (SSSR count). The molecule has 1 aliphatic carbocycles. The zero-order valence-corrected chi connectivity index (χ0v) is 20.6. The number of rotatable bonds is 3. The molecule has 3 aliphatic rings. The molecule has 3 aromatic heterocycles. The predicted octanol–water partition coefficient (Wildman–Crippen LogP) is 4.59. The zero-order valence-electron chi connectivity index (χ0n) is 19.8. The molecule has 5 heterocycles. The van der Waals surface area contributed by atoms with Gasteiger partial charge in [0.2, 0.25) is 0 Å². The number of hydrogen-bond donors (Lipinski definition) is 1. The van der Waals surface area contributed by atoms with Gasteiger partial charge in [-0.2, -0.15) is 0 Å². The van der Waals surface area contributed by atoms with Crippen LogP contribution in [0.25, 0.3) is 16.6 Å². The number of carbonyl (C=O) groups excluding carboxylic acids is 1. The van der Waals surface area contributed by atoms with Crippen molar-refractivity contribution in [2.75, 3.05) is 19.8 Å². The topological polar surface area (TPSA) is 79.7 Å². The third-order valence-electron chi connectivity index (χ3n) is 8.01. The van der Waals surface area contributed by atoms with Gasteiger partial charge in [-0.1, -0.05) is 0 Å². The van der Waals surface area contributed by atoms with Gasteiger partial charge in [0.25, 0.3) is 11.5 Å². The van der Waals surface area contributed by atoms with E-state index in [1.807, 2.05) is 34.8 Å². The SMILES string of the molecule is Cc1cc2c(cc1C(=O)N1CCc3sccc3C1C1CC1)[nH]c(=O)c1cnc(C3CCOCC3)n12. The van der Waals surface area contributed by atoms with E-state index < -0.39 is 0 Å². The minimum absolute atomic E-state index is 0.0642. The number of nitrogens with zero attached hydrogens (tertiary/aromatic N) is 3. The number of imidazole rings is 1. The first-order valence-corrected chi connectivity index (χ1v) is 13.5. The highest BCUT2D eigenvalue weighted by molar-refractivity contribution is 7.10. The molecule has 0 radical (unpaired) electrons. The summed E-state index contributed by atoms with van der Waals surface area (Å²) in [6.45, 7) is 4.17. The van der Waals surface area contributed by atoms with Crippen molar-refractivity contribution in [3.05, 3.63) is 67.5 Å². The molecule has 1 amide bonds. The molecule has 2 aliphatic heterocycles. The van der Waals surface area contributed by atoms with E-state index in [0.29, 0.717) is 35.7 Å². The largest absolute Gasteiger partial charge is 0.381 e. The molecule has 1 saturated carbocycles. The quantitative estimate of drug-likeness (QED) is 0.458. The minimum atomic E-state index is -0.178. The number of thiophene rings is 1. The summed E-state index contributed by atoms with van der Waals surface area (Å²) in [6, 6.07) is 6.31. The van der Waals surface area contributed by atoms with Crippen LogP contribution in [-0.4, -0.2) is 44.9 Å². The van der Waals surface area contributed by atoms with Crippen LogP contribution in [0.1, 0.15) is 69.8 Å². The average Bonchev–Trinajstić information content (AvgIpc) is 3.42. The van der Waals surface area contributed by atoms with Crippen molar-refractivity contribution in [3.8, 4) is 0 Å². The van der Waals surface area contributed by atoms with Crippen molar-refractivity contribution < 1.29 is 9.53 Å². The highest BCUT2D eigenvalue weighted by Gasteiger charge is 2.42. The lowest BCUT2D eigenvalue weighted by atomic mass is 9.94. The number of aromatic amines is 1. The molecule has 1 atom stereocenters. The summed E-state index contributed by atoms with van der Waals surface area (Å²) in [7, 11) is 0. The van der Waals surface area contributed by atoms with E-state index in [-0.39, 0.29) is 23.4 Å². The van der Waals surface area contributed by atoms with E-state index in [0.717, 1.165) is 42.7 Å². The standard InChI is InChI=1S/C27H28N4O3S/c1-15-12-21-20(29-26(32)22-14-28-25(31(21)22)17-5-9-34-10-6-17)13-19(15)27(33)30-8-4-23-18(7-11-35-23)24(30)16-2-3-16/h7,11-14,16-17,24H,2-6,8-10H2,1H3,(H,29,32). The monoisotopic (exact) mass is 488 g/mol. The first-order valence-electron chi connectivity index (χ1n) is 12.6. The third-order valence-corrected chi connectivity index (χ3v) is 9.01. The Kier molecular flexibility index (Phi) is 4.89. The summed E-state index contributed by atoms with van der Waals surface area (Å²) >= 11 is 1.81. The highest BCUT2D eigenvalue weighted by Crippen LogP contribution is 2.49. The van der Waals surface area contributed by atoms with Crippen molar-refractivity contribution in [2.24, 2.45) is 5.92 Å². The van der Waals surface area contributed by atoms with Crippen LogP contribution in [0.4, 0.5) is 0 Å². The summed E-state index contributed by atoms with van der Waals surface area (Å²) in [5.74, 6) is 1.79. The maximum Gasteiger partial charge on any atom is 0.274 e. The Morgan fingerprint density at radius 2 is 2.00 bits per heavy atom. The number of hydrogen-bond acceptors (Lipinski definition) is 5. The molecule has 2 fully saturated rings. The number of aromatic nitrogens is 3. The van der Waals surface area contributed by atoms with Crippen molar-refractivity contribution in [2.45, 2.75) is 51.0 Å². The van der Waals surface area contributed by atoms with E-state index >= 15 is 0 Å². The molecule has 4 aromatic rings. The average molecular weight is 489 g/mol. The van der Waals surface area contributed by atoms with Gasteiger partial charge in [0, 0.05) is 36.1 Å². The molecular formula is C27H28N4O3S.